The molecule has 0 radical (unpaired) electrons. The van der Waals surface area contributed by atoms with Crippen molar-refractivity contribution in [2.45, 2.75) is 6.04 Å². The molecule has 5 nitrogen and oxygen atoms in total. The van der Waals surface area contributed by atoms with Crippen LogP contribution >= 0.6 is 22.9 Å². The molecule has 0 aliphatic rings. The molecule has 3 rings (SSSR count). The van der Waals surface area contributed by atoms with Crippen molar-refractivity contribution in [2.24, 2.45) is 5.73 Å². The lowest BCUT2D eigenvalue weighted by atomic mass is 10.1. The van der Waals surface area contributed by atoms with Crippen molar-refractivity contribution in [3.05, 3.63) is 46.3 Å². The first-order chi connectivity index (χ1) is 8.84. The molecule has 2 heterocycles. The van der Waals surface area contributed by atoms with Crippen LogP contribution in [0.5, 0.6) is 0 Å². The number of hydrogen-bond acceptors (Lipinski definition) is 7. The first-order valence-corrected chi connectivity index (χ1v) is 6.91. The average Bonchev–Trinajstić information content (AvgIpc) is 3.09. The SMILES string of the molecule is NC(c1ccccc1)c1nnc(-c2csnn2)s1. The van der Waals surface area contributed by atoms with Crippen LogP contribution in [0.15, 0.2) is 35.7 Å². The van der Waals surface area contributed by atoms with Gasteiger partial charge in [-0.3, -0.25) is 0 Å². The Hall–Kier alpha value is -1.70. The van der Waals surface area contributed by atoms with Gasteiger partial charge in [0, 0.05) is 5.38 Å². The molecule has 0 aliphatic heterocycles. The molecule has 18 heavy (non-hydrogen) atoms. The summed E-state index contributed by atoms with van der Waals surface area (Å²) in [5, 5.41) is 15.6. The largest absolute Gasteiger partial charge is 0.318 e. The number of rotatable bonds is 3. The maximum absolute atomic E-state index is 6.16. The van der Waals surface area contributed by atoms with Crippen molar-refractivity contribution in [1.82, 2.24) is 19.8 Å². The summed E-state index contributed by atoms with van der Waals surface area (Å²) in [5.74, 6) is 0. The molecule has 0 aliphatic carbocycles. The lowest BCUT2D eigenvalue weighted by Gasteiger charge is -2.06. The smallest absolute Gasteiger partial charge is 0.169 e. The van der Waals surface area contributed by atoms with Crippen LogP contribution in [0.1, 0.15) is 16.6 Å². The Labute approximate surface area is 111 Å². The summed E-state index contributed by atoms with van der Waals surface area (Å²) in [7, 11) is 0. The Kier molecular flexibility index (Phi) is 3.09. The standard InChI is InChI=1S/C11H9N5S2/c12-9(7-4-2-1-3-5-7)11-15-14-10(18-11)8-6-17-16-13-8/h1-6,9H,12H2. The van der Waals surface area contributed by atoms with Crippen molar-refractivity contribution >= 4 is 22.9 Å². The monoisotopic (exact) mass is 275 g/mol. The lowest BCUT2D eigenvalue weighted by molar-refractivity contribution is 0.830. The summed E-state index contributed by atoms with van der Waals surface area (Å²) >= 11 is 2.75. The van der Waals surface area contributed by atoms with Crippen molar-refractivity contribution < 1.29 is 0 Å². The maximum Gasteiger partial charge on any atom is 0.169 e. The molecule has 2 aromatic heterocycles. The molecule has 7 heteroatoms. The number of nitrogens with two attached hydrogens (primary N) is 1. The second kappa shape index (κ2) is 4.89. The van der Waals surface area contributed by atoms with E-state index in [0.717, 1.165) is 21.3 Å². The highest BCUT2D eigenvalue weighted by Crippen LogP contribution is 2.27. The molecule has 0 amide bonds. The van der Waals surface area contributed by atoms with E-state index < -0.39 is 0 Å². The molecule has 1 unspecified atom stereocenters. The van der Waals surface area contributed by atoms with Crippen LogP contribution in [0, 0.1) is 0 Å². The molecule has 0 fully saturated rings. The summed E-state index contributed by atoms with van der Waals surface area (Å²) in [6.07, 6.45) is 0. The van der Waals surface area contributed by atoms with Crippen LogP contribution in [0.3, 0.4) is 0 Å². The summed E-state index contributed by atoms with van der Waals surface area (Å²) in [6.45, 7) is 0. The van der Waals surface area contributed by atoms with Crippen LogP contribution in [0.4, 0.5) is 0 Å². The van der Waals surface area contributed by atoms with E-state index in [9.17, 15) is 0 Å². The molecule has 3 aromatic rings. The van der Waals surface area contributed by atoms with E-state index >= 15 is 0 Å². The highest BCUT2D eigenvalue weighted by atomic mass is 32.1. The normalized spacial score (nSPS) is 12.5. The van der Waals surface area contributed by atoms with Gasteiger partial charge in [-0.25, -0.2) is 0 Å². The molecule has 0 saturated heterocycles. The Morgan fingerprint density at radius 2 is 1.89 bits per heavy atom. The highest BCUT2D eigenvalue weighted by molar-refractivity contribution is 7.15. The number of aromatic nitrogens is 4. The van der Waals surface area contributed by atoms with Crippen molar-refractivity contribution in [2.75, 3.05) is 0 Å². The van der Waals surface area contributed by atoms with Gasteiger partial charge in [0.2, 0.25) is 0 Å². The van der Waals surface area contributed by atoms with E-state index in [1.165, 1.54) is 22.9 Å². The van der Waals surface area contributed by atoms with Gasteiger partial charge in [0.25, 0.3) is 0 Å². The minimum absolute atomic E-state index is 0.246. The van der Waals surface area contributed by atoms with E-state index in [-0.39, 0.29) is 6.04 Å². The fourth-order valence-corrected chi connectivity index (χ4v) is 2.87. The molecule has 1 atom stereocenters. The zero-order valence-electron chi connectivity index (χ0n) is 9.22. The van der Waals surface area contributed by atoms with Crippen LogP contribution in [-0.2, 0) is 0 Å². The van der Waals surface area contributed by atoms with Crippen LogP contribution in [0.25, 0.3) is 10.7 Å². The van der Waals surface area contributed by atoms with Gasteiger partial charge in [-0.2, -0.15) is 0 Å². The molecule has 2 N–H and O–H groups in total. The van der Waals surface area contributed by atoms with Crippen LogP contribution < -0.4 is 5.73 Å². The summed E-state index contributed by atoms with van der Waals surface area (Å²) in [5.41, 5.74) is 7.94. The topological polar surface area (TPSA) is 77.6 Å². The quantitative estimate of drug-likeness (QED) is 0.792. The fourth-order valence-electron chi connectivity index (χ4n) is 1.52. The van der Waals surface area contributed by atoms with Gasteiger partial charge in [0.05, 0.1) is 6.04 Å². The van der Waals surface area contributed by atoms with Crippen LogP contribution in [0.2, 0.25) is 0 Å². The minimum Gasteiger partial charge on any atom is -0.318 e. The Balaban J connectivity index is 1.90. The second-order valence-corrected chi connectivity index (χ2v) is 5.24. The van der Waals surface area contributed by atoms with Gasteiger partial charge in [-0.1, -0.05) is 46.2 Å². The summed E-state index contributed by atoms with van der Waals surface area (Å²) < 4.78 is 3.81. The van der Waals surface area contributed by atoms with E-state index in [0.29, 0.717) is 0 Å². The highest BCUT2D eigenvalue weighted by Gasteiger charge is 2.16. The van der Waals surface area contributed by atoms with E-state index in [1.54, 1.807) is 0 Å². The first-order valence-electron chi connectivity index (χ1n) is 5.26. The predicted molar refractivity (Wildman–Crippen MR) is 71.3 cm³/mol. The Bertz CT molecular complexity index is 620. The average molecular weight is 275 g/mol. The zero-order valence-corrected chi connectivity index (χ0v) is 10.9. The second-order valence-electron chi connectivity index (χ2n) is 3.62. The molecule has 0 bridgehead atoms. The molecule has 0 saturated carbocycles. The van der Waals surface area contributed by atoms with Gasteiger partial charge < -0.3 is 5.73 Å². The van der Waals surface area contributed by atoms with Gasteiger partial charge in [-0.15, -0.1) is 15.3 Å². The van der Waals surface area contributed by atoms with Gasteiger partial charge in [0.15, 0.2) is 5.01 Å². The van der Waals surface area contributed by atoms with Crippen molar-refractivity contribution in [1.29, 1.82) is 0 Å². The first kappa shape index (κ1) is 11.4. The van der Waals surface area contributed by atoms with Crippen molar-refractivity contribution in [3.63, 3.8) is 0 Å². The van der Waals surface area contributed by atoms with Gasteiger partial charge in [-0.05, 0) is 17.1 Å². The predicted octanol–water partition coefficient (Wildman–Crippen LogP) is 2.10. The van der Waals surface area contributed by atoms with Crippen molar-refractivity contribution in [3.8, 4) is 10.7 Å². The minimum atomic E-state index is -0.246. The zero-order chi connectivity index (χ0) is 12.4. The number of benzene rings is 1. The van der Waals surface area contributed by atoms with E-state index in [1.807, 2.05) is 35.7 Å². The van der Waals surface area contributed by atoms with Gasteiger partial charge in [0.1, 0.15) is 10.7 Å². The molecule has 0 spiro atoms. The summed E-state index contributed by atoms with van der Waals surface area (Å²) in [6, 6.07) is 9.60. The maximum atomic E-state index is 6.16. The third-order valence-electron chi connectivity index (χ3n) is 2.44. The fraction of sp³-hybridized carbons (Fsp3) is 0.0909. The van der Waals surface area contributed by atoms with Crippen LogP contribution in [-0.4, -0.2) is 19.8 Å². The lowest BCUT2D eigenvalue weighted by Crippen LogP contribution is -2.11. The molecule has 90 valence electrons. The third kappa shape index (κ3) is 2.15. The van der Waals surface area contributed by atoms with E-state index in [4.69, 9.17) is 5.73 Å². The molecule has 1 aromatic carbocycles. The van der Waals surface area contributed by atoms with E-state index in [2.05, 4.69) is 19.8 Å². The third-order valence-corrected chi connectivity index (χ3v) is 3.98. The molecular weight excluding hydrogens is 266 g/mol. The van der Waals surface area contributed by atoms with Gasteiger partial charge >= 0.3 is 0 Å². The number of hydrogen-bond donors (Lipinski definition) is 1. The Morgan fingerprint density at radius 3 is 2.61 bits per heavy atom. The Morgan fingerprint density at radius 1 is 1.06 bits per heavy atom. The molecular formula is C11H9N5S2. The number of nitrogens with zero attached hydrogens (tertiary/aromatic N) is 4. The summed E-state index contributed by atoms with van der Waals surface area (Å²) in [4.78, 5) is 0.